The Hall–Kier alpha value is -1.05. The SMILES string of the molecule is Cc1cc(N)c(C)c(S(=O)(=O)Nc2c(Br)cccc2Br)c1. The molecule has 4 nitrogen and oxygen atoms in total. The summed E-state index contributed by atoms with van der Waals surface area (Å²) in [6.45, 7) is 3.50. The Morgan fingerprint density at radius 2 is 1.67 bits per heavy atom. The third-order valence-corrected chi connectivity index (χ3v) is 5.83. The number of nitrogen functional groups attached to an aromatic ring is 1. The Kier molecular flexibility index (Phi) is 4.65. The second kappa shape index (κ2) is 5.98. The van der Waals surface area contributed by atoms with Gasteiger partial charge in [-0.05, 0) is 81.1 Å². The molecule has 2 rings (SSSR count). The van der Waals surface area contributed by atoms with Crippen LogP contribution < -0.4 is 10.5 Å². The lowest BCUT2D eigenvalue weighted by atomic mass is 10.1. The standard InChI is InChI=1S/C14H14Br2N2O2S/c1-8-6-12(17)9(2)13(7-8)21(19,20)18-14-10(15)4-3-5-11(14)16/h3-7,18H,17H2,1-2H3. The molecule has 0 radical (unpaired) electrons. The molecule has 0 aliphatic heterocycles. The molecular weight excluding hydrogens is 420 g/mol. The fourth-order valence-corrected chi connectivity index (χ4v) is 4.84. The van der Waals surface area contributed by atoms with Crippen molar-refractivity contribution >= 4 is 53.3 Å². The van der Waals surface area contributed by atoms with Crippen LogP contribution in [-0.2, 0) is 10.0 Å². The number of para-hydroxylation sites is 1. The average molecular weight is 434 g/mol. The molecule has 0 spiro atoms. The quantitative estimate of drug-likeness (QED) is 0.712. The van der Waals surface area contributed by atoms with Gasteiger partial charge in [-0.2, -0.15) is 0 Å². The van der Waals surface area contributed by atoms with E-state index in [1.165, 1.54) is 0 Å². The number of benzene rings is 2. The molecule has 0 aliphatic carbocycles. The molecule has 2 aromatic carbocycles. The summed E-state index contributed by atoms with van der Waals surface area (Å²) in [5.41, 5.74) is 8.11. The summed E-state index contributed by atoms with van der Waals surface area (Å²) in [7, 11) is -3.72. The molecule has 112 valence electrons. The Labute approximate surface area is 141 Å². The van der Waals surface area contributed by atoms with Crippen LogP contribution >= 0.6 is 31.9 Å². The molecule has 0 unspecified atom stereocenters. The molecule has 7 heteroatoms. The molecule has 0 aliphatic rings. The summed E-state index contributed by atoms with van der Waals surface area (Å²) in [6.07, 6.45) is 0. The fourth-order valence-electron chi connectivity index (χ4n) is 1.92. The van der Waals surface area contributed by atoms with E-state index in [1.807, 2.05) is 13.0 Å². The molecule has 2 aromatic rings. The molecule has 0 atom stereocenters. The van der Waals surface area contributed by atoms with Gasteiger partial charge in [0, 0.05) is 14.6 Å². The van der Waals surface area contributed by atoms with Crippen molar-refractivity contribution in [2.75, 3.05) is 10.5 Å². The maximum atomic E-state index is 12.6. The Balaban J connectivity index is 2.54. The van der Waals surface area contributed by atoms with E-state index < -0.39 is 10.0 Å². The number of anilines is 2. The van der Waals surface area contributed by atoms with Gasteiger partial charge in [-0.1, -0.05) is 6.07 Å². The normalized spacial score (nSPS) is 11.4. The highest BCUT2D eigenvalue weighted by Gasteiger charge is 2.21. The predicted octanol–water partition coefficient (Wildman–Crippen LogP) is 4.21. The number of nitrogens with two attached hydrogens (primary N) is 1. The first-order chi connectivity index (χ1) is 9.72. The number of sulfonamides is 1. The van der Waals surface area contributed by atoms with E-state index in [0.717, 1.165) is 5.56 Å². The number of aryl methyl sites for hydroxylation is 1. The van der Waals surface area contributed by atoms with Crippen LogP contribution in [0, 0.1) is 13.8 Å². The van der Waals surface area contributed by atoms with Gasteiger partial charge in [-0.25, -0.2) is 8.42 Å². The van der Waals surface area contributed by atoms with Crippen molar-refractivity contribution in [1.82, 2.24) is 0 Å². The minimum atomic E-state index is -3.72. The van der Waals surface area contributed by atoms with Crippen molar-refractivity contribution < 1.29 is 8.42 Å². The van der Waals surface area contributed by atoms with Crippen LogP contribution in [0.25, 0.3) is 0 Å². The lowest BCUT2D eigenvalue weighted by Gasteiger charge is -2.15. The maximum absolute atomic E-state index is 12.6. The van der Waals surface area contributed by atoms with Crippen LogP contribution in [0.4, 0.5) is 11.4 Å². The minimum absolute atomic E-state index is 0.183. The van der Waals surface area contributed by atoms with Gasteiger partial charge in [0.1, 0.15) is 0 Å². The Morgan fingerprint density at radius 3 is 2.24 bits per heavy atom. The van der Waals surface area contributed by atoms with Gasteiger partial charge in [-0.3, -0.25) is 4.72 Å². The molecule has 0 amide bonds. The first kappa shape index (κ1) is 16.3. The van der Waals surface area contributed by atoms with E-state index in [9.17, 15) is 8.42 Å². The number of hydrogen-bond donors (Lipinski definition) is 2. The van der Waals surface area contributed by atoms with Gasteiger partial charge in [0.25, 0.3) is 10.0 Å². The highest BCUT2D eigenvalue weighted by atomic mass is 79.9. The van der Waals surface area contributed by atoms with Crippen LogP contribution in [-0.4, -0.2) is 8.42 Å². The summed E-state index contributed by atoms with van der Waals surface area (Å²) >= 11 is 6.68. The van der Waals surface area contributed by atoms with Crippen LogP contribution in [0.1, 0.15) is 11.1 Å². The number of hydrogen-bond acceptors (Lipinski definition) is 3. The second-order valence-corrected chi connectivity index (χ2v) is 8.04. The van der Waals surface area contributed by atoms with Crippen molar-refractivity contribution in [3.05, 3.63) is 50.4 Å². The minimum Gasteiger partial charge on any atom is -0.398 e. The van der Waals surface area contributed by atoms with Gasteiger partial charge >= 0.3 is 0 Å². The molecule has 0 saturated heterocycles. The zero-order chi connectivity index (χ0) is 15.8. The van der Waals surface area contributed by atoms with Crippen molar-refractivity contribution in [1.29, 1.82) is 0 Å². The molecule has 0 saturated carbocycles. The van der Waals surface area contributed by atoms with E-state index in [0.29, 0.717) is 25.9 Å². The zero-order valence-corrected chi connectivity index (χ0v) is 15.4. The zero-order valence-electron chi connectivity index (χ0n) is 11.4. The molecule has 3 N–H and O–H groups in total. The van der Waals surface area contributed by atoms with Crippen LogP contribution in [0.15, 0.2) is 44.2 Å². The van der Waals surface area contributed by atoms with E-state index in [2.05, 4.69) is 36.6 Å². The topological polar surface area (TPSA) is 72.2 Å². The fraction of sp³-hybridized carbons (Fsp3) is 0.143. The lowest BCUT2D eigenvalue weighted by Crippen LogP contribution is -2.16. The van der Waals surface area contributed by atoms with Gasteiger partial charge in [0.2, 0.25) is 0 Å². The summed E-state index contributed by atoms with van der Waals surface area (Å²) in [5, 5.41) is 0. The largest absolute Gasteiger partial charge is 0.398 e. The van der Waals surface area contributed by atoms with Crippen LogP contribution in [0.3, 0.4) is 0 Å². The second-order valence-electron chi connectivity index (χ2n) is 4.68. The van der Waals surface area contributed by atoms with Crippen molar-refractivity contribution in [2.45, 2.75) is 18.7 Å². The molecule has 0 fully saturated rings. The third-order valence-electron chi connectivity index (χ3n) is 3.03. The summed E-state index contributed by atoms with van der Waals surface area (Å²) in [6, 6.07) is 8.70. The maximum Gasteiger partial charge on any atom is 0.262 e. The predicted molar refractivity (Wildman–Crippen MR) is 93.0 cm³/mol. The highest BCUT2D eigenvalue weighted by Crippen LogP contribution is 2.33. The first-order valence-corrected chi connectivity index (χ1v) is 9.13. The average Bonchev–Trinajstić information content (AvgIpc) is 2.38. The van der Waals surface area contributed by atoms with Crippen LogP contribution in [0.2, 0.25) is 0 Å². The van der Waals surface area contributed by atoms with Crippen LogP contribution in [0.5, 0.6) is 0 Å². The molecular formula is C14H14Br2N2O2S. The highest BCUT2D eigenvalue weighted by molar-refractivity contribution is 9.11. The summed E-state index contributed by atoms with van der Waals surface area (Å²) in [4.78, 5) is 0.183. The Morgan fingerprint density at radius 1 is 1.10 bits per heavy atom. The Bertz CT molecular complexity index is 785. The molecule has 0 aromatic heterocycles. The van der Waals surface area contributed by atoms with Gasteiger partial charge < -0.3 is 5.73 Å². The van der Waals surface area contributed by atoms with Gasteiger partial charge in [0.15, 0.2) is 0 Å². The van der Waals surface area contributed by atoms with Crippen molar-refractivity contribution in [3.63, 3.8) is 0 Å². The molecule has 0 bridgehead atoms. The smallest absolute Gasteiger partial charge is 0.262 e. The third kappa shape index (κ3) is 3.41. The van der Waals surface area contributed by atoms with E-state index in [4.69, 9.17) is 5.73 Å². The van der Waals surface area contributed by atoms with Gasteiger partial charge in [-0.15, -0.1) is 0 Å². The van der Waals surface area contributed by atoms with Crippen molar-refractivity contribution in [2.24, 2.45) is 0 Å². The van der Waals surface area contributed by atoms with E-state index >= 15 is 0 Å². The lowest BCUT2D eigenvalue weighted by molar-refractivity contribution is 0.600. The molecule has 21 heavy (non-hydrogen) atoms. The van der Waals surface area contributed by atoms with E-state index in [-0.39, 0.29) is 4.90 Å². The molecule has 0 heterocycles. The first-order valence-electron chi connectivity index (χ1n) is 6.06. The monoisotopic (exact) mass is 432 g/mol. The number of halogens is 2. The summed E-state index contributed by atoms with van der Waals surface area (Å²) in [5.74, 6) is 0. The number of rotatable bonds is 3. The number of nitrogens with one attached hydrogen (secondary N) is 1. The van der Waals surface area contributed by atoms with Gasteiger partial charge in [0.05, 0.1) is 10.6 Å². The summed E-state index contributed by atoms with van der Waals surface area (Å²) < 4.78 is 29.1. The van der Waals surface area contributed by atoms with E-state index in [1.54, 1.807) is 31.2 Å². The van der Waals surface area contributed by atoms with Crippen molar-refractivity contribution in [3.8, 4) is 0 Å².